The first-order valence-corrected chi connectivity index (χ1v) is 14.1. The third-order valence-corrected chi connectivity index (χ3v) is 7.90. The molecule has 2 unspecified atom stereocenters. The van der Waals surface area contributed by atoms with E-state index in [0.717, 1.165) is 62.0 Å². The van der Waals surface area contributed by atoms with Crippen molar-refractivity contribution in [3.8, 4) is 0 Å². The molecule has 1 N–H and O–H groups in total. The number of rotatable bonds is 13. The maximum Gasteiger partial charge on any atom is 0.234 e. The number of ketones is 1. The molecule has 5 nitrogen and oxygen atoms in total. The van der Waals surface area contributed by atoms with Gasteiger partial charge in [-0.15, -0.1) is 0 Å². The Kier molecular flexibility index (Phi) is 11.1. The van der Waals surface area contributed by atoms with Gasteiger partial charge in [-0.05, 0) is 55.5 Å². The second-order valence-electron chi connectivity index (χ2n) is 8.91. The van der Waals surface area contributed by atoms with Crippen molar-refractivity contribution in [2.45, 2.75) is 51.1 Å². The van der Waals surface area contributed by atoms with Gasteiger partial charge in [0.2, 0.25) is 5.91 Å². The van der Waals surface area contributed by atoms with Gasteiger partial charge in [-0.3, -0.25) is 19.4 Å². The molecule has 1 saturated heterocycles. The molecule has 0 aromatic heterocycles. The highest BCUT2D eigenvalue weighted by atomic mass is 35.5. The van der Waals surface area contributed by atoms with Crippen LogP contribution >= 0.6 is 48.5 Å². The molecule has 1 aromatic carbocycles. The first-order valence-electron chi connectivity index (χ1n) is 12.1. The SMILES string of the molecule is CCC(=O)C1=C(c2ccc(Cl)c(Cl)c2)CC2CCC1N2CCCN(CCS)CC(=O)NCCS. The van der Waals surface area contributed by atoms with Gasteiger partial charge in [-0.25, -0.2) is 0 Å². The minimum absolute atomic E-state index is 0.0268. The van der Waals surface area contributed by atoms with Gasteiger partial charge in [0.1, 0.15) is 0 Å². The van der Waals surface area contributed by atoms with Gasteiger partial charge in [0.05, 0.1) is 16.6 Å². The molecule has 2 atom stereocenters. The third-order valence-electron chi connectivity index (χ3n) is 6.74. The Hall–Kier alpha value is -0.700. The van der Waals surface area contributed by atoms with Crippen molar-refractivity contribution in [2.24, 2.45) is 0 Å². The van der Waals surface area contributed by atoms with Crippen LogP contribution in [0.3, 0.4) is 0 Å². The molecule has 0 aliphatic carbocycles. The standard InChI is InChI=1S/C25H35Cl2N3O2S2/c1-2-23(31)25-19(17-4-6-20(26)21(27)14-17)15-18-5-7-22(25)30(18)10-3-9-29(11-13-34)16-24(32)28-8-12-33/h4,6,14,18,22,33-34H,2-3,5,7-13,15-16H2,1H3,(H,28,32). The monoisotopic (exact) mass is 543 g/mol. The number of Topliss-reactive ketones (excluding diaryl/α,β-unsaturated/α-hetero) is 1. The smallest absolute Gasteiger partial charge is 0.234 e. The lowest BCUT2D eigenvalue weighted by atomic mass is 9.85. The summed E-state index contributed by atoms with van der Waals surface area (Å²) in [4.78, 5) is 29.9. The minimum Gasteiger partial charge on any atom is -0.354 e. The summed E-state index contributed by atoms with van der Waals surface area (Å²) >= 11 is 21.0. The summed E-state index contributed by atoms with van der Waals surface area (Å²) in [7, 11) is 0. The molecule has 0 radical (unpaired) electrons. The number of amides is 1. The Labute approximate surface area is 224 Å². The zero-order valence-electron chi connectivity index (χ0n) is 19.7. The molecule has 0 spiro atoms. The average Bonchev–Trinajstić information content (AvgIpc) is 3.09. The molecule has 1 amide bonds. The number of benzene rings is 1. The van der Waals surface area contributed by atoms with Crippen molar-refractivity contribution >= 4 is 65.7 Å². The van der Waals surface area contributed by atoms with Crippen molar-refractivity contribution in [1.82, 2.24) is 15.1 Å². The predicted molar refractivity (Wildman–Crippen MR) is 149 cm³/mol. The van der Waals surface area contributed by atoms with Crippen LogP contribution in [0.4, 0.5) is 0 Å². The van der Waals surface area contributed by atoms with E-state index in [1.165, 1.54) is 0 Å². The Morgan fingerprint density at radius 3 is 2.62 bits per heavy atom. The fourth-order valence-corrected chi connectivity index (χ4v) is 5.89. The Bertz CT molecular complexity index is 912. The van der Waals surface area contributed by atoms with Crippen LogP contribution in [0.5, 0.6) is 0 Å². The van der Waals surface area contributed by atoms with Crippen LogP contribution in [0, 0.1) is 0 Å². The van der Waals surface area contributed by atoms with Gasteiger partial charge >= 0.3 is 0 Å². The Balaban J connectivity index is 1.71. The van der Waals surface area contributed by atoms with E-state index in [1.54, 1.807) is 0 Å². The number of fused-ring (bicyclic) bond motifs is 2. The van der Waals surface area contributed by atoms with Crippen LogP contribution in [0.25, 0.3) is 5.57 Å². The first kappa shape index (κ1) is 27.9. The summed E-state index contributed by atoms with van der Waals surface area (Å²) in [6, 6.07) is 6.26. The zero-order chi connectivity index (χ0) is 24.7. The molecule has 2 aliphatic rings. The van der Waals surface area contributed by atoms with Gasteiger partial charge in [0.25, 0.3) is 0 Å². The van der Waals surface area contributed by atoms with Gasteiger partial charge < -0.3 is 5.32 Å². The number of nitrogens with zero attached hydrogens (tertiary/aromatic N) is 2. The normalized spacial score (nSPS) is 20.3. The molecule has 3 rings (SSSR count). The van der Waals surface area contributed by atoms with Crippen LogP contribution in [-0.4, -0.2) is 77.8 Å². The number of nitrogens with one attached hydrogen (secondary N) is 1. The third kappa shape index (κ3) is 6.95. The van der Waals surface area contributed by atoms with Crippen LogP contribution in [0.1, 0.15) is 44.6 Å². The van der Waals surface area contributed by atoms with E-state index < -0.39 is 0 Å². The lowest BCUT2D eigenvalue weighted by Gasteiger charge is -2.38. The summed E-state index contributed by atoms with van der Waals surface area (Å²) in [6.45, 7) is 5.39. The van der Waals surface area contributed by atoms with E-state index in [0.29, 0.717) is 47.1 Å². The minimum atomic E-state index is 0.0268. The number of thiol groups is 2. The zero-order valence-corrected chi connectivity index (χ0v) is 23.0. The van der Waals surface area contributed by atoms with Gasteiger partial charge in [-0.2, -0.15) is 25.3 Å². The number of carbonyl (C=O) groups is 2. The van der Waals surface area contributed by atoms with Crippen molar-refractivity contribution in [2.75, 3.05) is 44.2 Å². The molecular formula is C25H35Cl2N3O2S2. The Morgan fingerprint density at radius 2 is 1.94 bits per heavy atom. The van der Waals surface area contributed by atoms with Crippen molar-refractivity contribution < 1.29 is 9.59 Å². The van der Waals surface area contributed by atoms with E-state index in [9.17, 15) is 9.59 Å². The highest BCUT2D eigenvalue weighted by Crippen LogP contribution is 2.44. The number of hydrogen-bond acceptors (Lipinski definition) is 6. The largest absolute Gasteiger partial charge is 0.354 e. The van der Waals surface area contributed by atoms with Crippen molar-refractivity contribution in [1.29, 1.82) is 0 Å². The van der Waals surface area contributed by atoms with Crippen LogP contribution < -0.4 is 5.32 Å². The van der Waals surface area contributed by atoms with Crippen LogP contribution in [0.2, 0.25) is 10.0 Å². The molecule has 1 fully saturated rings. The summed E-state index contributed by atoms with van der Waals surface area (Å²) < 4.78 is 0. The quantitative estimate of drug-likeness (QED) is 0.317. The molecule has 34 heavy (non-hydrogen) atoms. The fourth-order valence-electron chi connectivity index (χ4n) is 5.20. The molecular weight excluding hydrogens is 509 g/mol. The molecule has 2 aliphatic heterocycles. The van der Waals surface area contributed by atoms with Crippen LogP contribution in [-0.2, 0) is 9.59 Å². The maximum atomic E-state index is 13.1. The van der Waals surface area contributed by atoms with Gasteiger partial charge in [0.15, 0.2) is 5.78 Å². The molecule has 2 heterocycles. The second-order valence-corrected chi connectivity index (χ2v) is 10.6. The van der Waals surface area contributed by atoms with E-state index in [1.807, 2.05) is 25.1 Å². The lowest BCUT2D eigenvalue weighted by molar-refractivity contribution is -0.122. The fraction of sp³-hybridized carbons (Fsp3) is 0.600. The first-order chi connectivity index (χ1) is 16.4. The summed E-state index contributed by atoms with van der Waals surface area (Å²) in [6.07, 6.45) is 4.37. The van der Waals surface area contributed by atoms with Crippen molar-refractivity contribution in [3.05, 3.63) is 39.4 Å². The summed E-state index contributed by atoms with van der Waals surface area (Å²) in [5.74, 6) is 1.58. The Morgan fingerprint density at radius 1 is 1.15 bits per heavy atom. The number of carbonyl (C=O) groups excluding carboxylic acids is 2. The lowest BCUT2D eigenvalue weighted by Crippen LogP contribution is -2.45. The molecule has 1 aromatic rings. The summed E-state index contributed by atoms with van der Waals surface area (Å²) in [5.41, 5.74) is 3.09. The number of halogens is 2. The molecule has 0 saturated carbocycles. The van der Waals surface area contributed by atoms with E-state index in [2.05, 4.69) is 40.4 Å². The van der Waals surface area contributed by atoms with Gasteiger partial charge in [0, 0.05) is 55.2 Å². The highest BCUT2D eigenvalue weighted by Gasteiger charge is 2.43. The summed E-state index contributed by atoms with van der Waals surface area (Å²) in [5, 5.41) is 3.93. The molecule has 188 valence electrons. The van der Waals surface area contributed by atoms with Gasteiger partial charge in [-0.1, -0.05) is 36.2 Å². The van der Waals surface area contributed by atoms with E-state index >= 15 is 0 Å². The topological polar surface area (TPSA) is 52.7 Å². The average molecular weight is 545 g/mol. The molecule has 9 heteroatoms. The number of hydrogen-bond donors (Lipinski definition) is 3. The van der Waals surface area contributed by atoms with E-state index in [4.69, 9.17) is 23.2 Å². The predicted octanol–water partition coefficient (Wildman–Crippen LogP) is 4.63. The molecule has 2 bridgehead atoms. The van der Waals surface area contributed by atoms with Crippen LogP contribution in [0.15, 0.2) is 23.8 Å². The van der Waals surface area contributed by atoms with E-state index in [-0.39, 0.29) is 17.7 Å². The maximum absolute atomic E-state index is 13.1. The highest BCUT2D eigenvalue weighted by molar-refractivity contribution is 7.80. The second kappa shape index (κ2) is 13.6. The van der Waals surface area contributed by atoms with Crippen molar-refractivity contribution in [3.63, 3.8) is 0 Å².